The Bertz CT molecular complexity index is 999. The van der Waals surface area contributed by atoms with Crippen molar-refractivity contribution in [3.05, 3.63) is 64.3 Å². The molecule has 0 aliphatic carbocycles. The van der Waals surface area contributed by atoms with Gasteiger partial charge in [0.05, 0.1) is 12.0 Å². The van der Waals surface area contributed by atoms with E-state index < -0.39 is 17.8 Å². The molecule has 1 atom stereocenters. The van der Waals surface area contributed by atoms with Crippen LogP contribution in [0.4, 0.5) is 4.39 Å². The normalized spacial score (nSPS) is 15.4. The van der Waals surface area contributed by atoms with E-state index in [1.807, 2.05) is 0 Å². The lowest BCUT2D eigenvalue weighted by Gasteiger charge is -2.11. The molecule has 3 rings (SSSR count). The second-order valence-corrected chi connectivity index (χ2v) is 7.84. The number of methoxy groups -OCH3 is 1. The van der Waals surface area contributed by atoms with Crippen molar-refractivity contribution >= 4 is 58.7 Å². The molecule has 0 bridgehead atoms. The maximum atomic E-state index is 14.4. The van der Waals surface area contributed by atoms with Crippen molar-refractivity contribution in [3.8, 4) is 11.5 Å². The predicted molar refractivity (Wildman–Crippen MR) is 120 cm³/mol. The summed E-state index contributed by atoms with van der Waals surface area (Å²) in [6.07, 6.45) is 1.88. The van der Waals surface area contributed by atoms with Crippen LogP contribution in [0.3, 0.4) is 0 Å². The summed E-state index contributed by atoms with van der Waals surface area (Å²) in [7, 11) is 1.28. The third-order valence-electron chi connectivity index (χ3n) is 4.01. The molecule has 0 radical (unpaired) electrons. The number of thiocarbonyl (C=S) groups is 1. The highest BCUT2D eigenvalue weighted by Gasteiger charge is 2.22. The van der Waals surface area contributed by atoms with Crippen LogP contribution in [0.2, 0.25) is 0 Å². The Labute approximate surface area is 188 Å². The predicted octanol–water partition coefficient (Wildman–Crippen LogP) is 3.57. The van der Waals surface area contributed by atoms with E-state index in [0.29, 0.717) is 27.0 Å². The van der Waals surface area contributed by atoms with Crippen LogP contribution >= 0.6 is 36.4 Å². The standard InChI is InChI=1S/C20H17FN2O4S2.ClH/c1-26-19(25)15(22)9-11-2-5-13(6-3-11)27-16-7-4-12(8-14(16)21)10-17-18(24)23-20(28)29-17;/h2-8,10,15H,9,22H2,1H3,(H,23,24,28);1H/b17-10+;/t15-;/m0./s1. The average Bonchev–Trinajstić information content (AvgIpc) is 3.01. The van der Waals surface area contributed by atoms with Gasteiger partial charge in [0.25, 0.3) is 5.91 Å². The average molecular weight is 469 g/mol. The Kier molecular flexibility index (Phi) is 8.36. The number of benzene rings is 2. The van der Waals surface area contributed by atoms with Crippen molar-refractivity contribution in [2.24, 2.45) is 5.73 Å². The number of amides is 1. The number of carbonyl (C=O) groups excluding carboxylic acids is 2. The van der Waals surface area contributed by atoms with Gasteiger partial charge < -0.3 is 20.5 Å². The van der Waals surface area contributed by atoms with Crippen molar-refractivity contribution in [1.82, 2.24) is 5.32 Å². The van der Waals surface area contributed by atoms with Gasteiger partial charge in [0.2, 0.25) is 0 Å². The summed E-state index contributed by atoms with van der Waals surface area (Å²) < 4.78 is 25.0. The summed E-state index contributed by atoms with van der Waals surface area (Å²) in [5, 5.41) is 2.51. The van der Waals surface area contributed by atoms with Crippen LogP contribution in [0.25, 0.3) is 6.08 Å². The largest absolute Gasteiger partial charge is 0.468 e. The minimum Gasteiger partial charge on any atom is -0.468 e. The van der Waals surface area contributed by atoms with Crippen molar-refractivity contribution in [2.45, 2.75) is 12.5 Å². The molecule has 2 aromatic carbocycles. The zero-order valence-corrected chi connectivity index (χ0v) is 18.2. The van der Waals surface area contributed by atoms with Crippen LogP contribution in [0.1, 0.15) is 11.1 Å². The van der Waals surface area contributed by atoms with Gasteiger partial charge in [-0.1, -0.05) is 42.2 Å². The fraction of sp³-hybridized carbons (Fsp3) is 0.150. The van der Waals surface area contributed by atoms with Crippen molar-refractivity contribution < 1.29 is 23.5 Å². The summed E-state index contributed by atoms with van der Waals surface area (Å²) in [6, 6.07) is 10.5. The molecule has 1 aliphatic rings. The second-order valence-electron chi connectivity index (χ2n) is 6.12. The Morgan fingerprint density at radius 1 is 1.30 bits per heavy atom. The van der Waals surface area contributed by atoms with Crippen LogP contribution in [-0.4, -0.2) is 29.3 Å². The number of carbonyl (C=O) groups is 2. The minimum absolute atomic E-state index is 0. The lowest BCUT2D eigenvalue weighted by molar-refractivity contribution is -0.142. The van der Waals surface area contributed by atoms with Crippen molar-refractivity contribution in [2.75, 3.05) is 7.11 Å². The highest BCUT2D eigenvalue weighted by atomic mass is 35.5. The van der Waals surface area contributed by atoms with E-state index in [9.17, 15) is 14.0 Å². The van der Waals surface area contributed by atoms with Gasteiger partial charge in [-0.25, -0.2) is 4.39 Å². The van der Waals surface area contributed by atoms with Gasteiger partial charge in [-0.3, -0.25) is 9.59 Å². The van der Waals surface area contributed by atoms with Gasteiger partial charge in [0.15, 0.2) is 11.6 Å². The Balaban J connectivity index is 0.00000320. The molecule has 0 spiro atoms. The number of nitrogens with two attached hydrogens (primary N) is 1. The van der Waals surface area contributed by atoms with Crippen LogP contribution < -0.4 is 15.8 Å². The zero-order chi connectivity index (χ0) is 21.0. The fourth-order valence-electron chi connectivity index (χ4n) is 2.57. The van der Waals surface area contributed by atoms with Crippen LogP contribution in [0.15, 0.2) is 47.4 Å². The first kappa shape index (κ1) is 23.8. The molecular formula is C20H18ClFN2O4S2. The second kappa shape index (κ2) is 10.5. The first-order valence-corrected chi connectivity index (χ1v) is 9.73. The van der Waals surface area contributed by atoms with E-state index in [4.69, 9.17) is 22.7 Å². The van der Waals surface area contributed by atoms with Gasteiger partial charge in [-0.15, -0.1) is 12.4 Å². The van der Waals surface area contributed by atoms with E-state index in [1.54, 1.807) is 36.4 Å². The van der Waals surface area contributed by atoms with Crippen LogP contribution in [0.5, 0.6) is 11.5 Å². The first-order valence-electron chi connectivity index (χ1n) is 8.50. The summed E-state index contributed by atoms with van der Waals surface area (Å²) >= 11 is 6.06. The molecule has 1 fully saturated rings. The quantitative estimate of drug-likeness (QED) is 0.380. The van der Waals surface area contributed by atoms with E-state index in [-0.39, 0.29) is 24.1 Å². The van der Waals surface area contributed by atoms with E-state index in [2.05, 4.69) is 10.1 Å². The van der Waals surface area contributed by atoms with E-state index >= 15 is 0 Å². The lowest BCUT2D eigenvalue weighted by Crippen LogP contribution is -2.33. The number of halogens is 2. The molecule has 158 valence electrons. The summed E-state index contributed by atoms with van der Waals surface area (Å²) in [5.41, 5.74) is 7.08. The third kappa shape index (κ3) is 6.02. The Hall–Kier alpha value is -2.46. The van der Waals surface area contributed by atoms with Gasteiger partial charge in [-0.05, 0) is 47.9 Å². The first-order chi connectivity index (χ1) is 13.9. The molecule has 1 amide bonds. The molecule has 1 heterocycles. The molecule has 2 aromatic rings. The number of nitrogens with one attached hydrogen (secondary N) is 1. The van der Waals surface area contributed by atoms with E-state index in [0.717, 1.165) is 17.3 Å². The summed E-state index contributed by atoms with van der Waals surface area (Å²) in [5.74, 6) is -0.876. The molecule has 0 unspecified atom stereocenters. The minimum atomic E-state index is -0.750. The highest BCUT2D eigenvalue weighted by Crippen LogP contribution is 2.29. The summed E-state index contributed by atoms with van der Waals surface area (Å²) in [6.45, 7) is 0. The topological polar surface area (TPSA) is 90.7 Å². The third-order valence-corrected chi connectivity index (χ3v) is 5.17. The maximum Gasteiger partial charge on any atom is 0.322 e. The number of ether oxygens (including phenoxy) is 2. The lowest BCUT2D eigenvalue weighted by atomic mass is 10.1. The fourth-order valence-corrected chi connectivity index (χ4v) is 3.62. The molecule has 0 aromatic heterocycles. The Morgan fingerprint density at radius 3 is 2.57 bits per heavy atom. The molecule has 10 heteroatoms. The highest BCUT2D eigenvalue weighted by molar-refractivity contribution is 8.26. The molecular weight excluding hydrogens is 451 g/mol. The SMILES string of the molecule is COC(=O)[C@@H](N)Cc1ccc(Oc2ccc(/C=C3/SC(=S)NC3=O)cc2F)cc1.Cl. The van der Waals surface area contributed by atoms with Gasteiger partial charge in [-0.2, -0.15) is 0 Å². The smallest absolute Gasteiger partial charge is 0.322 e. The van der Waals surface area contributed by atoms with Gasteiger partial charge >= 0.3 is 5.97 Å². The van der Waals surface area contributed by atoms with Crippen LogP contribution in [0, 0.1) is 5.82 Å². The number of hydrogen-bond donors (Lipinski definition) is 2. The molecule has 0 saturated carbocycles. The van der Waals surface area contributed by atoms with Gasteiger partial charge in [0, 0.05) is 0 Å². The maximum absolute atomic E-state index is 14.4. The number of esters is 1. The van der Waals surface area contributed by atoms with Gasteiger partial charge in [0.1, 0.15) is 16.1 Å². The Morgan fingerprint density at radius 2 is 2.00 bits per heavy atom. The van der Waals surface area contributed by atoms with Crippen molar-refractivity contribution in [1.29, 1.82) is 0 Å². The number of rotatable bonds is 6. The summed E-state index contributed by atoms with van der Waals surface area (Å²) in [4.78, 5) is 23.5. The zero-order valence-electron chi connectivity index (χ0n) is 15.7. The molecule has 1 aliphatic heterocycles. The van der Waals surface area contributed by atoms with E-state index in [1.165, 1.54) is 19.2 Å². The molecule has 6 nitrogen and oxygen atoms in total. The molecule has 1 saturated heterocycles. The molecule has 3 N–H and O–H groups in total. The van der Waals surface area contributed by atoms with Crippen molar-refractivity contribution in [3.63, 3.8) is 0 Å². The van der Waals surface area contributed by atoms with Crippen LogP contribution in [-0.2, 0) is 20.7 Å². The number of thioether (sulfide) groups is 1. The monoisotopic (exact) mass is 468 g/mol. The number of hydrogen-bond acceptors (Lipinski definition) is 7. The molecule has 30 heavy (non-hydrogen) atoms.